The van der Waals surface area contributed by atoms with E-state index in [0.717, 1.165) is 15.6 Å². The lowest BCUT2D eigenvalue weighted by Gasteiger charge is -2.16. The molecule has 0 aromatic heterocycles. The van der Waals surface area contributed by atoms with Gasteiger partial charge in [-0.2, -0.15) is 0 Å². The highest BCUT2D eigenvalue weighted by Gasteiger charge is 2.13. The molecule has 0 aliphatic rings. The summed E-state index contributed by atoms with van der Waals surface area (Å²) in [5.74, 6) is 0.391. The molecule has 0 aliphatic heterocycles. The number of hydrogen-bond acceptors (Lipinski definition) is 4. The Hall–Kier alpha value is -2.05. The standard InChI is InChI=1S/C19H22BrNO4/c1-3-24-17-9-15(10-21-11-18(22)23)8-16(20)19(17)25-12-14-6-4-13(2)5-7-14/h4-9,21H,3,10-12H2,1-2H3,(H,22,23). The third kappa shape index (κ3) is 6.07. The fraction of sp³-hybridized carbons (Fsp3) is 0.316. The highest BCUT2D eigenvalue weighted by molar-refractivity contribution is 9.10. The molecule has 0 saturated heterocycles. The van der Waals surface area contributed by atoms with Crippen molar-refractivity contribution in [2.24, 2.45) is 0 Å². The molecule has 0 aliphatic carbocycles. The zero-order valence-corrected chi connectivity index (χ0v) is 15.9. The van der Waals surface area contributed by atoms with Gasteiger partial charge in [-0.05, 0) is 53.0 Å². The number of hydrogen-bond donors (Lipinski definition) is 2. The van der Waals surface area contributed by atoms with Crippen LogP contribution in [0.3, 0.4) is 0 Å². The van der Waals surface area contributed by atoms with Crippen LogP contribution in [0.2, 0.25) is 0 Å². The maximum absolute atomic E-state index is 10.6. The van der Waals surface area contributed by atoms with E-state index >= 15 is 0 Å². The van der Waals surface area contributed by atoms with Gasteiger partial charge in [0.2, 0.25) is 0 Å². The van der Waals surface area contributed by atoms with Gasteiger partial charge < -0.3 is 19.9 Å². The minimum atomic E-state index is -0.887. The lowest BCUT2D eigenvalue weighted by molar-refractivity contribution is -0.135. The molecule has 0 fully saturated rings. The average molecular weight is 408 g/mol. The predicted molar refractivity (Wildman–Crippen MR) is 100 cm³/mol. The molecule has 0 radical (unpaired) electrons. The maximum Gasteiger partial charge on any atom is 0.317 e. The van der Waals surface area contributed by atoms with E-state index < -0.39 is 5.97 Å². The summed E-state index contributed by atoms with van der Waals surface area (Å²) in [6.07, 6.45) is 0. The Morgan fingerprint density at radius 3 is 2.52 bits per heavy atom. The van der Waals surface area contributed by atoms with E-state index in [0.29, 0.717) is 31.3 Å². The van der Waals surface area contributed by atoms with Crippen LogP contribution in [0.15, 0.2) is 40.9 Å². The number of nitrogens with one attached hydrogen (secondary N) is 1. The van der Waals surface area contributed by atoms with Crippen LogP contribution in [0, 0.1) is 6.92 Å². The molecular formula is C19H22BrNO4. The highest BCUT2D eigenvalue weighted by atomic mass is 79.9. The zero-order chi connectivity index (χ0) is 18.2. The van der Waals surface area contributed by atoms with Gasteiger partial charge in [-0.15, -0.1) is 0 Å². The van der Waals surface area contributed by atoms with Crippen molar-refractivity contribution in [3.63, 3.8) is 0 Å². The van der Waals surface area contributed by atoms with Crippen molar-refractivity contribution >= 4 is 21.9 Å². The van der Waals surface area contributed by atoms with Crippen molar-refractivity contribution in [2.75, 3.05) is 13.2 Å². The highest BCUT2D eigenvalue weighted by Crippen LogP contribution is 2.37. The van der Waals surface area contributed by atoms with E-state index in [9.17, 15) is 4.79 Å². The van der Waals surface area contributed by atoms with Gasteiger partial charge >= 0.3 is 5.97 Å². The summed E-state index contributed by atoms with van der Waals surface area (Å²) in [6.45, 7) is 5.25. The lowest BCUT2D eigenvalue weighted by Crippen LogP contribution is -2.21. The van der Waals surface area contributed by atoms with Gasteiger partial charge in [-0.25, -0.2) is 0 Å². The third-order valence-electron chi connectivity index (χ3n) is 3.48. The Kier molecular flexibility index (Phi) is 7.28. The molecule has 2 aromatic carbocycles. The summed E-state index contributed by atoms with van der Waals surface area (Å²) in [5, 5.41) is 11.6. The van der Waals surface area contributed by atoms with Crippen LogP contribution in [-0.4, -0.2) is 24.2 Å². The first-order chi connectivity index (χ1) is 12.0. The lowest BCUT2D eigenvalue weighted by atomic mass is 10.1. The molecule has 0 unspecified atom stereocenters. The number of benzene rings is 2. The van der Waals surface area contributed by atoms with Gasteiger partial charge in [0, 0.05) is 6.54 Å². The number of carbonyl (C=O) groups is 1. The second kappa shape index (κ2) is 9.44. The van der Waals surface area contributed by atoms with Gasteiger partial charge in [0.15, 0.2) is 11.5 Å². The Morgan fingerprint density at radius 2 is 1.88 bits per heavy atom. The molecule has 0 bridgehead atoms. The number of ether oxygens (including phenoxy) is 2. The SMILES string of the molecule is CCOc1cc(CNCC(=O)O)cc(Br)c1OCc1ccc(C)cc1. The largest absolute Gasteiger partial charge is 0.490 e. The summed E-state index contributed by atoms with van der Waals surface area (Å²) in [6, 6.07) is 11.9. The van der Waals surface area contributed by atoms with Crippen LogP contribution in [0.4, 0.5) is 0 Å². The van der Waals surface area contributed by atoms with E-state index in [2.05, 4.69) is 33.4 Å². The predicted octanol–water partition coefficient (Wildman–Crippen LogP) is 3.91. The first kappa shape index (κ1) is 19.3. The third-order valence-corrected chi connectivity index (χ3v) is 4.07. The van der Waals surface area contributed by atoms with Crippen molar-refractivity contribution in [1.82, 2.24) is 5.32 Å². The first-order valence-corrected chi connectivity index (χ1v) is 8.85. The van der Waals surface area contributed by atoms with Gasteiger partial charge in [0.05, 0.1) is 17.6 Å². The van der Waals surface area contributed by atoms with Crippen LogP contribution in [0.5, 0.6) is 11.5 Å². The monoisotopic (exact) mass is 407 g/mol. The number of aryl methyl sites for hydroxylation is 1. The van der Waals surface area contributed by atoms with Crippen molar-refractivity contribution in [3.8, 4) is 11.5 Å². The molecule has 0 heterocycles. The molecule has 0 spiro atoms. The van der Waals surface area contributed by atoms with Gasteiger partial charge in [-0.1, -0.05) is 29.8 Å². The topological polar surface area (TPSA) is 67.8 Å². The van der Waals surface area contributed by atoms with E-state index in [4.69, 9.17) is 14.6 Å². The van der Waals surface area contributed by atoms with Crippen LogP contribution in [0.25, 0.3) is 0 Å². The molecule has 5 nitrogen and oxygen atoms in total. The minimum absolute atomic E-state index is 0.0900. The summed E-state index contributed by atoms with van der Waals surface area (Å²) >= 11 is 3.52. The zero-order valence-electron chi connectivity index (χ0n) is 14.3. The van der Waals surface area contributed by atoms with Crippen molar-refractivity contribution in [2.45, 2.75) is 27.0 Å². The Balaban J connectivity index is 2.12. The van der Waals surface area contributed by atoms with Crippen LogP contribution in [0.1, 0.15) is 23.6 Å². The maximum atomic E-state index is 10.6. The molecule has 2 aromatic rings. The molecule has 0 saturated carbocycles. The molecule has 25 heavy (non-hydrogen) atoms. The average Bonchev–Trinajstić information content (AvgIpc) is 2.55. The molecule has 6 heteroatoms. The van der Waals surface area contributed by atoms with E-state index in [1.807, 2.05) is 38.1 Å². The Morgan fingerprint density at radius 1 is 1.16 bits per heavy atom. The molecular weight excluding hydrogens is 386 g/mol. The summed E-state index contributed by atoms with van der Waals surface area (Å²) in [5.41, 5.74) is 3.20. The fourth-order valence-electron chi connectivity index (χ4n) is 2.28. The second-order valence-electron chi connectivity index (χ2n) is 5.61. The van der Waals surface area contributed by atoms with E-state index in [1.54, 1.807) is 0 Å². The van der Waals surface area contributed by atoms with Gasteiger partial charge in [-0.3, -0.25) is 4.79 Å². The molecule has 2 rings (SSSR count). The van der Waals surface area contributed by atoms with Crippen molar-refractivity contribution < 1.29 is 19.4 Å². The number of aliphatic carboxylic acids is 1. The van der Waals surface area contributed by atoms with Crippen LogP contribution in [-0.2, 0) is 17.9 Å². The number of carboxylic acids is 1. The van der Waals surface area contributed by atoms with E-state index in [1.165, 1.54) is 5.56 Å². The van der Waals surface area contributed by atoms with Crippen molar-refractivity contribution in [3.05, 3.63) is 57.6 Å². The van der Waals surface area contributed by atoms with Gasteiger partial charge in [0.25, 0.3) is 0 Å². The normalized spacial score (nSPS) is 10.5. The number of carboxylic acid groups (broad SMARTS) is 1. The van der Waals surface area contributed by atoms with E-state index in [-0.39, 0.29) is 6.54 Å². The minimum Gasteiger partial charge on any atom is -0.490 e. The smallest absolute Gasteiger partial charge is 0.317 e. The second-order valence-corrected chi connectivity index (χ2v) is 6.46. The van der Waals surface area contributed by atoms with Crippen LogP contribution < -0.4 is 14.8 Å². The quantitative estimate of drug-likeness (QED) is 0.659. The Bertz CT molecular complexity index is 716. The first-order valence-electron chi connectivity index (χ1n) is 8.05. The number of halogens is 1. The molecule has 2 N–H and O–H groups in total. The van der Waals surface area contributed by atoms with Crippen molar-refractivity contribution in [1.29, 1.82) is 0 Å². The molecule has 134 valence electrons. The van der Waals surface area contributed by atoms with Gasteiger partial charge in [0.1, 0.15) is 6.61 Å². The molecule has 0 atom stereocenters. The number of rotatable bonds is 9. The summed E-state index contributed by atoms with van der Waals surface area (Å²) in [4.78, 5) is 10.6. The molecule has 0 amide bonds. The summed E-state index contributed by atoms with van der Waals surface area (Å²) in [7, 11) is 0. The van der Waals surface area contributed by atoms with Crippen LogP contribution >= 0.6 is 15.9 Å². The Labute approximate surface area is 156 Å². The fourth-order valence-corrected chi connectivity index (χ4v) is 2.88. The summed E-state index contributed by atoms with van der Waals surface area (Å²) < 4.78 is 12.4.